The van der Waals surface area contributed by atoms with Crippen LogP contribution in [0.1, 0.15) is 28.7 Å². The van der Waals surface area contributed by atoms with Crippen LogP contribution in [-0.2, 0) is 29.9 Å². The van der Waals surface area contributed by atoms with Gasteiger partial charge in [-0.05, 0) is 41.2 Å². The molecule has 0 saturated carbocycles. The molecule has 2 aromatic carbocycles. The van der Waals surface area contributed by atoms with Gasteiger partial charge in [0.1, 0.15) is 11.3 Å². The van der Waals surface area contributed by atoms with Gasteiger partial charge >= 0.3 is 0 Å². The van der Waals surface area contributed by atoms with Crippen molar-refractivity contribution in [3.8, 4) is 5.75 Å². The van der Waals surface area contributed by atoms with Gasteiger partial charge in [0.15, 0.2) is 0 Å². The van der Waals surface area contributed by atoms with E-state index < -0.39 is 5.54 Å². The molecule has 1 aliphatic carbocycles. The number of methoxy groups -OCH3 is 1. The topological polar surface area (TPSA) is 84.6 Å². The lowest BCUT2D eigenvalue weighted by Gasteiger charge is -2.24. The summed E-state index contributed by atoms with van der Waals surface area (Å²) in [4.78, 5) is 12.7. The van der Waals surface area contributed by atoms with Crippen molar-refractivity contribution >= 4 is 5.91 Å². The van der Waals surface area contributed by atoms with E-state index in [9.17, 15) is 9.90 Å². The number of carbonyl (C=O) groups is 1. The Labute approximate surface area is 141 Å². The number of nitrogens with one attached hydrogen (secondary N) is 1. The minimum absolute atomic E-state index is 0.0181. The Bertz CT molecular complexity index is 760. The zero-order valence-electron chi connectivity index (χ0n) is 13.7. The number of nitrogens with two attached hydrogens (primary N) is 1. The Kier molecular flexibility index (Phi) is 4.55. The summed E-state index contributed by atoms with van der Waals surface area (Å²) in [5.41, 5.74) is 9.02. The van der Waals surface area contributed by atoms with Crippen LogP contribution in [0, 0.1) is 0 Å². The molecule has 0 aromatic heterocycles. The van der Waals surface area contributed by atoms with E-state index in [1.807, 2.05) is 42.5 Å². The molecule has 0 fully saturated rings. The molecule has 0 saturated heterocycles. The molecule has 5 nitrogen and oxygen atoms in total. The van der Waals surface area contributed by atoms with Gasteiger partial charge in [-0.25, -0.2) is 0 Å². The van der Waals surface area contributed by atoms with E-state index in [2.05, 4.69) is 5.32 Å². The van der Waals surface area contributed by atoms with Crippen molar-refractivity contribution in [2.45, 2.75) is 31.5 Å². The summed E-state index contributed by atoms with van der Waals surface area (Å²) in [6.45, 7) is 0.362. The third-order valence-corrected chi connectivity index (χ3v) is 4.64. The van der Waals surface area contributed by atoms with Crippen LogP contribution in [-0.4, -0.2) is 18.1 Å². The number of rotatable bonds is 5. The lowest BCUT2D eigenvalue weighted by Crippen LogP contribution is -2.49. The van der Waals surface area contributed by atoms with Crippen LogP contribution in [0.2, 0.25) is 0 Å². The van der Waals surface area contributed by atoms with Gasteiger partial charge in [0, 0.05) is 6.54 Å². The molecule has 1 aliphatic rings. The minimum Gasteiger partial charge on any atom is -0.496 e. The first-order valence-electron chi connectivity index (χ1n) is 8.00. The first-order chi connectivity index (χ1) is 11.6. The highest BCUT2D eigenvalue weighted by Gasteiger charge is 2.42. The van der Waals surface area contributed by atoms with Crippen molar-refractivity contribution in [1.29, 1.82) is 0 Å². The van der Waals surface area contributed by atoms with Gasteiger partial charge in [0.05, 0.1) is 13.7 Å². The van der Waals surface area contributed by atoms with Crippen molar-refractivity contribution in [1.82, 2.24) is 5.32 Å². The summed E-state index contributed by atoms with van der Waals surface area (Å²) < 4.78 is 5.37. The first-order valence-corrected chi connectivity index (χ1v) is 8.00. The maximum atomic E-state index is 12.7. The van der Waals surface area contributed by atoms with E-state index in [0.717, 1.165) is 34.4 Å². The number of benzene rings is 2. The number of aliphatic hydroxyl groups is 1. The first kappa shape index (κ1) is 16.5. The second kappa shape index (κ2) is 6.63. The van der Waals surface area contributed by atoms with Crippen LogP contribution in [0.5, 0.6) is 5.75 Å². The SMILES string of the molecule is COc1cccc2c1CCC2(N)C(=O)NCc1cccc(CO)c1. The predicted molar refractivity (Wildman–Crippen MR) is 91.4 cm³/mol. The normalized spacial score (nSPS) is 19.0. The van der Waals surface area contributed by atoms with Crippen LogP contribution >= 0.6 is 0 Å². The fraction of sp³-hybridized carbons (Fsp3) is 0.316. The third-order valence-electron chi connectivity index (χ3n) is 4.64. The lowest BCUT2D eigenvalue weighted by atomic mass is 9.91. The standard InChI is InChI=1S/C19H22N2O3/c1-24-17-7-3-6-16-15(17)8-9-19(16,20)18(23)21-11-13-4-2-5-14(10-13)12-22/h2-7,10,22H,8-9,11-12,20H2,1H3,(H,21,23). The smallest absolute Gasteiger partial charge is 0.244 e. The Balaban J connectivity index is 1.76. The predicted octanol–water partition coefficient (Wildman–Crippen LogP) is 1.60. The van der Waals surface area contributed by atoms with Crippen LogP contribution in [0.4, 0.5) is 0 Å². The number of hydrogen-bond acceptors (Lipinski definition) is 4. The molecule has 3 rings (SSSR count). The van der Waals surface area contributed by atoms with Crippen LogP contribution in [0.3, 0.4) is 0 Å². The van der Waals surface area contributed by atoms with Crippen LogP contribution in [0.15, 0.2) is 42.5 Å². The van der Waals surface area contributed by atoms with E-state index in [4.69, 9.17) is 10.5 Å². The highest BCUT2D eigenvalue weighted by molar-refractivity contribution is 5.89. The summed E-state index contributed by atoms with van der Waals surface area (Å²) >= 11 is 0. The number of ether oxygens (including phenoxy) is 1. The maximum absolute atomic E-state index is 12.7. The molecule has 0 heterocycles. The second-order valence-corrected chi connectivity index (χ2v) is 6.12. The lowest BCUT2D eigenvalue weighted by molar-refractivity contribution is -0.126. The van der Waals surface area contributed by atoms with Crippen LogP contribution in [0.25, 0.3) is 0 Å². The Morgan fingerprint density at radius 2 is 2.04 bits per heavy atom. The molecule has 1 unspecified atom stereocenters. The molecule has 4 N–H and O–H groups in total. The quantitative estimate of drug-likeness (QED) is 0.779. The van der Waals surface area contributed by atoms with E-state index in [1.54, 1.807) is 7.11 Å². The fourth-order valence-corrected chi connectivity index (χ4v) is 3.30. The Morgan fingerprint density at radius 1 is 1.29 bits per heavy atom. The Hall–Kier alpha value is -2.37. The average molecular weight is 326 g/mol. The zero-order valence-corrected chi connectivity index (χ0v) is 13.7. The molecule has 0 radical (unpaired) electrons. The molecule has 0 spiro atoms. The number of aliphatic hydroxyl groups excluding tert-OH is 1. The summed E-state index contributed by atoms with van der Waals surface area (Å²) in [7, 11) is 1.63. The number of hydrogen-bond donors (Lipinski definition) is 3. The largest absolute Gasteiger partial charge is 0.496 e. The molecule has 24 heavy (non-hydrogen) atoms. The summed E-state index contributed by atoms with van der Waals surface area (Å²) in [6.07, 6.45) is 1.29. The van der Waals surface area contributed by atoms with Gasteiger partial charge in [0.2, 0.25) is 5.91 Å². The van der Waals surface area contributed by atoms with Gasteiger partial charge in [-0.1, -0.05) is 36.4 Å². The van der Waals surface area contributed by atoms with E-state index in [1.165, 1.54) is 0 Å². The van der Waals surface area contributed by atoms with Gasteiger partial charge < -0.3 is 20.9 Å². The molecule has 0 bridgehead atoms. The van der Waals surface area contributed by atoms with Crippen molar-refractivity contribution in [2.24, 2.45) is 5.73 Å². The summed E-state index contributed by atoms with van der Waals surface area (Å²) in [5.74, 6) is 0.590. The van der Waals surface area contributed by atoms with Gasteiger partial charge in [-0.15, -0.1) is 0 Å². The van der Waals surface area contributed by atoms with E-state index in [-0.39, 0.29) is 12.5 Å². The van der Waals surface area contributed by atoms with Crippen molar-refractivity contribution < 1.29 is 14.6 Å². The van der Waals surface area contributed by atoms with E-state index >= 15 is 0 Å². The van der Waals surface area contributed by atoms with Gasteiger partial charge in [-0.3, -0.25) is 4.79 Å². The molecule has 5 heteroatoms. The maximum Gasteiger partial charge on any atom is 0.244 e. The summed E-state index contributed by atoms with van der Waals surface area (Å²) in [5, 5.41) is 12.1. The van der Waals surface area contributed by atoms with Crippen molar-refractivity contribution in [3.63, 3.8) is 0 Å². The number of amides is 1. The molecule has 0 aliphatic heterocycles. The highest BCUT2D eigenvalue weighted by Crippen LogP contribution is 2.39. The highest BCUT2D eigenvalue weighted by atomic mass is 16.5. The monoisotopic (exact) mass is 326 g/mol. The third kappa shape index (κ3) is 2.88. The second-order valence-electron chi connectivity index (χ2n) is 6.12. The molecule has 126 valence electrons. The zero-order chi connectivity index (χ0) is 17.2. The molecule has 1 amide bonds. The van der Waals surface area contributed by atoms with Crippen LogP contribution < -0.4 is 15.8 Å². The fourth-order valence-electron chi connectivity index (χ4n) is 3.30. The number of fused-ring (bicyclic) bond motifs is 1. The van der Waals surface area contributed by atoms with Gasteiger partial charge in [-0.2, -0.15) is 0 Å². The van der Waals surface area contributed by atoms with E-state index in [0.29, 0.717) is 13.0 Å². The van der Waals surface area contributed by atoms with Crippen molar-refractivity contribution in [3.05, 3.63) is 64.7 Å². The molecule has 1 atom stereocenters. The van der Waals surface area contributed by atoms with Gasteiger partial charge in [0.25, 0.3) is 0 Å². The number of carbonyl (C=O) groups excluding carboxylic acids is 1. The summed E-state index contributed by atoms with van der Waals surface area (Å²) in [6, 6.07) is 13.1. The molecular formula is C19H22N2O3. The minimum atomic E-state index is -1.03. The van der Waals surface area contributed by atoms with Crippen molar-refractivity contribution in [2.75, 3.05) is 7.11 Å². The molecule has 2 aromatic rings. The molecular weight excluding hydrogens is 304 g/mol. The Morgan fingerprint density at radius 3 is 2.79 bits per heavy atom. The average Bonchev–Trinajstić information content (AvgIpc) is 2.98.